The summed E-state index contributed by atoms with van der Waals surface area (Å²) in [4.78, 5) is 35.2. The van der Waals surface area contributed by atoms with Crippen LogP contribution in [-0.2, 0) is 16.1 Å². The van der Waals surface area contributed by atoms with Gasteiger partial charge in [-0.2, -0.15) is 0 Å². The van der Waals surface area contributed by atoms with Crippen molar-refractivity contribution in [1.82, 2.24) is 14.9 Å². The van der Waals surface area contributed by atoms with E-state index in [4.69, 9.17) is 11.6 Å². The maximum atomic E-state index is 12.9. The van der Waals surface area contributed by atoms with E-state index in [1.54, 1.807) is 60.9 Å². The number of aromatic nitrogens is 2. The Morgan fingerprint density at radius 3 is 2.14 bits per heavy atom. The second kappa shape index (κ2) is 7.85. The summed E-state index contributed by atoms with van der Waals surface area (Å²) in [6, 6.07) is 12.9. The largest absolute Gasteiger partial charge is 0.507 e. The van der Waals surface area contributed by atoms with E-state index in [2.05, 4.69) is 9.97 Å². The molecule has 1 fully saturated rings. The number of Topliss-reactive ketones (excluding diaryl/α,β-unsaturated/α-hetero) is 1. The van der Waals surface area contributed by atoms with Gasteiger partial charge in [-0.05, 0) is 47.5 Å². The monoisotopic (exact) mass is 405 g/mol. The van der Waals surface area contributed by atoms with Crippen LogP contribution >= 0.6 is 11.6 Å². The summed E-state index contributed by atoms with van der Waals surface area (Å²) in [7, 11) is 0. The number of benzene rings is 1. The Hall–Kier alpha value is -3.51. The standard InChI is InChI=1S/C22H16ClN3O3/c23-17-3-1-15(2-4-17)19-18(20(27)16-7-11-25-12-8-16)21(28)22(29)26(19)13-14-5-9-24-10-6-14/h1-12,19,27H,13H2/b20-18+. The van der Waals surface area contributed by atoms with Crippen molar-refractivity contribution in [2.24, 2.45) is 0 Å². The van der Waals surface area contributed by atoms with Crippen LogP contribution in [-0.4, -0.2) is 31.7 Å². The topological polar surface area (TPSA) is 83.4 Å². The Labute approximate surface area is 172 Å². The molecule has 1 aliphatic rings. The van der Waals surface area contributed by atoms with Gasteiger partial charge < -0.3 is 10.0 Å². The van der Waals surface area contributed by atoms with Crippen LogP contribution < -0.4 is 0 Å². The molecule has 0 radical (unpaired) electrons. The molecule has 1 aromatic carbocycles. The fraction of sp³-hybridized carbons (Fsp3) is 0.0909. The molecule has 3 aromatic rings. The van der Waals surface area contributed by atoms with Crippen molar-refractivity contribution in [3.63, 3.8) is 0 Å². The number of aliphatic hydroxyl groups excluding tert-OH is 1. The molecule has 1 unspecified atom stereocenters. The normalized spacial score (nSPS) is 18.2. The van der Waals surface area contributed by atoms with Crippen molar-refractivity contribution in [1.29, 1.82) is 0 Å². The molecular formula is C22H16ClN3O3. The lowest BCUT2D eigenvalue weighted by molar-refractivity contribution is -0.140. The second-order valence-corrected chi connectivity index (χ2v) is 7.01. The maximum absolute atomic E-state index is 12.9. The van der Waals surface area contributed by atoms with Gasteiger partial charge in [0.15, 0.2) is 0 Å². The number of amides is 1. The molecule has 0 spiro atoms. The third-order valence-corrected chi connectivity index (χ3v) is 5.03. The summed E-state index contributed by atoms with van der Waals surface area (Å²) >= 11 is 6.01. The number of halogens is 1. The molecule has 1 saturated heterocycles. The molecule has 0 saturated carbocycles. The van der Waals surface area contributed by atoms with E-state index in [0.29, 0.717) is 16.1 Å². The first kappa shape index (κ1) is 18.8. The van der Waals surface area contributed by atoms with Gasteiger partial charge in [-0.3, -0.25) is 19.6 Å². The number of ketones is 1. The van der Waals surface area contributed by atoms with Crippen molar-refractivity contribution in [2.45, 2.75) is 12.6 Å². The summed E-state index contributed by atoms with van der Waals surface area (Å²) in [5, 5.41) is 11.4. The molecule has 2 aromatic heterocycles. The smallest absolute Gasteiger partial charge is 0.295 e. The van der Waals surface area contributed by atoms with Gasteiger partial charge in [-0.15, -0.1) is 0 Å². The predicted octanol–water partition coefficient (Wildman–Crippen LogP) is 3.75. The van der Waals surface area contributed by atoms with E-state index in [1.165, 1.54) is 17.3 Å². The number of carbonyl (C=O) groups is 2. The number of aliphatic hydroxyl groups is 1. The predicted molar refractivity (Wildman–Crippen MR) is 108 cm³/mol. The molecule has 3 heterocycles. The van der Waals surface area contributed by atoms with Gasteiger partial charge >= 0.3 is 0 Å². The van der Waals surface area contributed by atoms with Crippen molar-refractivity contribution in [2.75, 3.05) is 0 Å². The third kappa shape index (κ3) is 3.62. The highest BCUT2D eigenvalue weighted by atomic mass is 35.5. The number of pyridine rings is 2. The number of hydrogen-bond acceptors (Lipinski definition) is 5. The number of carbonyl (C=O) groups excluding carboxylic acids is 2. The minimum atomic E-state index is -0.742. The first-order chi connectivity index (χ1) is 14.1. The van der Waals surface area contributed by atoms with Gasteiger partial charge in [-0.25, -0.2) is 0 Å². The van der Waals surface area contributed by atoms with Crippen LogP contribution in [0.15, 0.2) is 78.9 Å². The molecule has 1 amide bonds. The Morgan fingerprint density at radius 2 is 1.52 bits per heavy atom. The molecule has 144 valence electrons. The molecule has 7 heteroatoms. The van der Waals surface area contributed by atoms with Gasteiger partial charge in [0.05, 0.1) is 11.6 Å². The van der Waals surface area contributed by atoms with Crippen LogP contribution in [0.4, 0.5) is 0 Å². The first-order valence-electron chi connectivity index (χ1n) is 8.89. The highest BCUT2D eigenvalue weighted by Crippen LogP contribution is 2.40. The average Bonchev–Trinajstić information content (AvgIpc) is 3.00. The van der Waals surface area contributed by atoms with Gasteiger partial charge in [0.1, 0.15) is 5.76 Å². The van der Waals surface area contributed by atoms with Crippen LogP contribution in [0.1, 0.15) is 22.7 Å². The fourth-order valence-corrected chi connectivity index (χ4v) is 3.51. The molecular weight excluding hydrogens is 390 g/mol. The number of rotatable bonds is 4. The van der Waals surface area contributed by atoms with Crippen molar-refractivity contribution in [3.8, 4) is 0 Å². The SMILES string of the molecule is O=C1C(=O)N(Cc2ccncc2)C(c2ccc(Cl)cc2)/C1=C(\O)c1ccncc1. The average molecular weight is 406 g/mol. The highest BCUT2D eigenvalue weighted by molar-refractivity contribution is 6.46. The van der Waals surface area contributed by atoms with Gasteiger partial charge in [0.2, 0.25) is 0 Å². The fourth-order valence-electron chi connectivity index (χ4n) is 3.38. The molecule has 0 aliphatic carbocycles. The highest BCUT2D eigenvalue weighted by Gasteiger charge is 2.46. The van der Waals surface area contributed by atoms with E-state index in [1.807, 2.05) is 0 Å². The Morgan fingerprint density at radius 1 is 0.931 bits per heavy atom. The molecule has 4 rings (SSSR count). The summed E-state index contributed by atoms with van der Waals surface area (Å²) in [6.07, 6.45) is 6.28. The quantitative estimate of drug-likeness (QED) is 0.406. The van der Waals surface area contributed by atoms with E-state index in [-0.39, 0.29) is 17.9 Å². The minimum absolute atomic E-state index is 0.0394. The Kier molecular flexibility index (Phi) is 5.10. The third-order valence-electron chi connectivity index (χ3n) is 4.78. The maximum Gasteiger partial charge on any atom is 0.295 e. The minimum Gasteiger partial charge on any atom is -0.507 e. The Balaban J connectivity index is 1.86. The van der Waals surface area contributed by atoms with Gasteiger partial charge in [0.25, 0.3) is 11.7 Å². The lowest BCUT2D eigenvalue weighted by atomic mass is 9.95. The van der Waals surface area contributed by atoms with Crippen LogP contribution in [0, 0.1) is 0 Å². The Bertz CT molecular complexity index is 1080. The molecule has 29 heavy (non-hydrogen) atoms. The summed E-state index contributed by atoms with van der Waals surface area (Å²) in [6.45, 7) is 0.202. The van der Waals surface area contributed by atoms with Crippen LogP contribution in [0.3, 0.4) is 0 Å². The molecule has 0 bridgehead atoms. The summed E-state index contributed by atoms with van der Waals surface area (Å²) < 4.78 is 0. The van der Waals surface area contributed by atoms with Gasteiger partial charge in [-0.1, -0.05) is 23.7 Å². The summed E-state index contributed by atoms with van der Waals surface area (Å²) in [5.74, 6) is -1.63. The lowest BCUT2D eigenvalue weighted by Gasteiger charge is -2.25. The molecule has 1 N–H and O–H groups in total. The number of likely N-dealkylation sites (tertiary alicyclic amines) is 1. The van der Waals surface area contributed by atoms with Crippen molar-refractivity contribution >= 4 is 29.1 Å². The van der Waals surface area contributed by atoms with Gasteiger partial charge in [0, 0.05) is 41.9 Å². The van der Waals surface area contributed by atoms with E-state index < -0.39 is 17.7 Å². The van der Waals surface area contributed by atoms with E-state index in [9.17, 15) is 14.7 Å². The number of nitrogens with zero attached hydrogens (tertiary/aromatic N) is 3. The van der Waals surface area contributed by atoms with Crippen LogP contribution in [0.5, 0.6) is 0 Å². The number of hydrogen-bond donors (Lipinski definition) is 1. The zero-order valence-electron chi connectivity index (χ0n) is 15.2. The van der Waals surface area contributed by atoms with E-state index in [0.717, 1.165) is 5.56 Å². The molecule has 1 atom stereocenters. The van der Waals surface area contributed by atoms with Crippen LogP contribution in [0.25, 0.3) is 5.76 Å². The van der Waals surface area contributed by atoms with Crippen LogP contribution in [0.2, 0.25) is 5.02 Å². The lowest BCUT2D eigenvalue weighted by Crippen LogP contribution is -2.29. The molecule has 1 aliphatic heterocycles. The van der Waals surface area contributed by atoms with Crippen molar-refractivity contribution in [3.05, 3.63) is 101 Å². The van der Waals surface area contributed by atoms with E-state index >= 15 is 0 Å². The first-order valence-corrected chi connectivity index (χ1v) is 9.27. The summed E-state index contributed by atoms with van der Waals surface area (Å²) in [5.41, 5.74) is 1.96. The zero-order chi connectivity index (χ0) is 20.4. The molecule has 6 nitrogen and oxygen atoms in total. The second-order valence-electron chi connectivity index (χ2n) is 6.57. The zero-order valence-corrected chi connectivity index (χ0v) is 16.0. The van der Waals surface area contributed by atoms with Crippen molar-refractivity contribution < 1.29 is 14.7 Å².